The molecule has 3 aliphatic rings. The van der Waals surface area contributed by atoms with Crippen LogP contribution in [0.25, 0.3) is 10.9 Å². The van der Waals surface area contributed by atoms with E-state index in [-0.39, 0.29) is 36.8 Å². The molecule has 0 aliphatic carbocycles. The maximum Gasteiger partial charge on any atom is 0.319 e. The van der Waals surface area contributed by atoms with Crippen LogP contribution in [0.1, 0.15) is 28.9 Å². The van der Waals surface area contributed by atoms with Gasteiger partial charge in [-0.3, -0.25) is 14.7 Å². The van der Waals surface area contributed by atoms with Crippen molar-refractivity contribution in [1.82, 2.24) is 25.3 Å². The number of carboxylic acid groups (broad SMARTS) is 1. The number of amides is 3. The average molecular weight is 483 g/mol. The zero-order chi connectivity index (χ0) is 24.8. The second kappa shape index (κ2) is 11.0. The molecule has 0 spiro atoms. The molecule has 184 valence electrons. The largest absolute Gasteiger partial charge is 0.483 e. The lowest BCUT2D eigenvalue weighted by atomic mass is 10.0. The molecule has 3 aliphatic heterocycles. The molecule has 0 saturated carbocycles. The molecule has 3 amide bonds. The Labute approximate surface area is 201 Å². The Morgan fingerprint density at radius 3 is 2.54 bits per heavy atom. The van der Waals surface area contributed by atoms with E-state index in [9.17, 15) is 14.0 Å². The van der Waals surface area contributed by atoms with Crippen LogP contribution in [0.3, 0.4) is 0 Å². The van der Waals surface area contributed by atoms with E-state index in [2.05, 4.69) is 25.7 Å². The Morgan fingerprint density at radius 2 is 1.83 bits per heavy atom. The Bertz CT molecular complexity index is 1190. The number of H-pyrrole nitrogens is 1. The van der Waals surface area contributed by atoms with Gasteiger partial charge in [-0.15, -0.1) is 0 Å². The van der Waals surface area contributed by atoms with Crippen LogP contribution in [0.2, 0.25) is 0 Å². The molecule has 3 fully saturated rings. The van der Waals surface area contributed by atoms with Crippen molar-refractivity contribution in [3.63, 3.8) is 0 Å². The third-order valence-electron chi connectivity index (χ3n) is 6.31. The maximum absolute atomic E-state index is 13.3. The molecular weight excluding hydrogens is 455 g/mol. The zero-order valence-corrected chi connectivity index (χ0v) is 19.0. The molecule has 3 aromatic rings. The van der Waals surface area contributed by atoms with E-state index in [1.807, 2.05) is 4.90 Å². The maximum atomic E-state index is 13.3. The van der Waals surface area contributed by atoms with E-state index >= 15 is 0 Å². The number of halogens is 1. The van der Waals surface area contributed by atoms with Gasteiger partial charge in [0.2, 0.25) is 0 Å². The quantitative estimate of drug-likeness (QED) is 0.423. The number of urea groups is 1. The van der Waals surface area contributed by atoms with Crippen LogP contribution in [0.15, 0.2) is 42.5 Å². The number of fused-ring (bicyclic) bond motifs is 5. The molecule has 4 N–H and O–H groups in total. The van der Waals surface area contributed by atoms with Gasteiger partial charge in [0.05, 0.1) is 5.52 Å². The summed E-state index contributed by atoms with van der Waals surface area (Å²) in [5.41, 5.74) is 2.49. The van der Waals surface area contributed by atoms with E-state index in [4.69, 9.17) is 9.90 Å². The number of aromatic nitrogens is 2. The SMILES string of the molecule is O=C(NCc1ccc(F)cc1)Nc1ccc2[nH]nc(C(=O)N3CCN4CCC3CC4)c2c1.O=CO. The van der Waals surface area contributed by atoms with Crippen molar-refractivity contribution in [3.8, 4) is 0 Å². The van der Waals surface area contributed by atoms with Crippen molar-refractivity contribution in [2.24, 2.45) is 0 Å². The van der Waals surface area contributed by atoms with Crippen LogP contribution in [-0.4, -0.2) is 75.7 Å². The second-order valence-corrected chi connectivity index (χ2v) is 8.44. The van der Waals surface area contributed by atoms with Gasteiger partial charge in [0.1, 0.15) is 5.82 Å². The number of hydrogen-bond acceptors (Lipinski definition) is 5. The number of benzene rings is 2. The summed E-state index contributed by atoms with van der Waals surface area (Å²) >= 11 is 0. The number of nitrogens with zero attached hydrogens (tertiary/aromatic N) is 3. The number of nitrogens with one attached hydrogen (secondary N) is 3. The molecule has 1 aromatic heterocycles. The van der Waals surface area contributed by atoms with Crippen LogP contribution in [0.4, 0.5) is 14.9 Å². The van der Waals surface area contributed by atoms with E-state index in [0.29, 0.717) is 23.3 Å². The van der Waals surface area contributed by atoms with Crippen molar-refractivity contribution >= 4 is 35.0 Å². The summed E-state index contributed by atoms with van der Waals surface area (Å²) in [4.78, 5) is 38.4. The van der Waals surface area contributed by atoms with Gasteiger partial charge < -0.3 is 25.5 Å². The molecule has 0 unspecified atom stereocenters. The monoisotopic (exact) mass is 482 g/mol. The summed E-state index contributed by atoms with van der Waals surface area (Å²) in [5, 5.41) is 20.3. The normalized spacial score (nSPS) is 18.8. The third kappa shape index (κ3) is 5.75. The number of carbonyl (C=O) groups is 3. The fourth-order valence-corrected chi connectivity index (χ4v) is 4.50. The van der Waals surface area contributed by atoms with E-state index in [0.717, 1.165) is 43.6 Å². The smallest absolute Gasteiger partial charge is 0.319 e. The first-order valence-electron chi connectivity index (χ1n) is 11.4. The van der Waals surface area contributed by atoms with Gasteiger partial charge in [0.25, 0.3) is 12.4 Å². The summed E-state index contributed by atoms with van der Waals surface area (Å²) in [5.74, 6) is -0.384. The van der Waals surface area contributed by atoms with Gasteiger partial charge in [-0.1, -0.05) is 12.1 Å². The Balaban J connectivity index is 0.000000917. The van der Waals surface area contributed by atoms with Gasteiger partial charge in [-0.2, -0.15) is 5.10 Å². The summed E-state index contributed by atoms with van der Waals surface area (Å²) in [6, 6.07) is 11.1. The lowest BCUT2D eigenvalue weighted by molar-refractivity contribution is -0.122. The standard InChI is InChI=1S/C23H25FN6O2.CH2O2/c24-16-3-1-15(2-4-16)14-25-23(32)26-17-5-6-20-19(13-17)21(28-27-20)22(31)30-12-11-29-9-7-18(30)8-10-29;2-1-3/h1-6,13,18H,7-12,14H2,(H,27,28)(H2,25,26,32);1H,(H,2,3). The summed E-state index contributed by atoms with van der Waals surface area (Å²) < 4.78 is 13.0. The number of piperidine rings is 1. The summed E-state index contributed by atoms with van der Waals surface area (Å²) in [7, 11) is 0. The van der Waals surface area contributed by atoms with Gasteiger partial charge in [-0.25, -0.2) is 9.18 Å². The van der Waals surface area contributed by atoms with Crippen LogP contribution < -0.4 is 10.6 Å². The first kappa shape index (κ1) is 24.1. The van der Waals surface area contributed by atoms with E-state index in [1.54, 1.807) is 30.3 Å². The molecule has 0 atom stereocenters. The van der Waals surface area contributed by atoms with Crippen molar-refractivity contribution in [2.45, 2.75) is 25.4 Å². The minimum Gasteiger partial charge on any atom is -0.483 e. The van der Waals surface area contributed by atoms with Crippen LogP contribution in [0.5, 0.6) is 0 Å². The Kier molecular flexibility index (Phi) is 7.56. The van der Waals surface area contributed by atoms with Crippen LogP contribution >= 0.6 is 0 Å². The number of anilines is 1. The van der Waals surface area contributed by atoms with Crippen molar-refractivity contribution in [2.75, 3.05) is 31.5 Å². The molecule has 11 heteroatoms. The molecule has 4 heterocycles. The highest BCUT2D eigenvalue weighted by molar-refractivity contribution is 6.06. The minimum atomic E-state index is -0.386. The van der Waals surface area contributed by atoms with Crippen molar-refractivity contribution in [3.05, 3.63) is 59.5 Å². The predicted octanol–water partition coefficient (Wildman–Crippen LogP) is 2.64. The topological polar surface area (TPSA) is 131 Å². The fraction of sp³-hybridized carbons (Fsp3) is 0.333. The van der Waals surface area contributed by atoms with Gasteiger partial charge in [-0.05, 0) is 48.7 Å². The van der Waals surface area contributed by atoms with Gasteiger partial charge in [0, 0.05) is 49.8 Å². The van der Waals surface area contributed by atoms with E-state index in [1.165, 1.54) is 12.1 Å². The number of rotatable bonds is 4. The Hall–Kier alpha value is -3.99. The number of carbonyl (C=O) groups excluding carboxylic acids is 2. The fourth-order valence-electron chi connectivity index (χ4n) is 4.50. The number of aromatic amines is 1. The highest BCUT2D eigenvalue weighted by Gasteiger charge is 2.33. The third-order valence-corrected chi connectivity index (χ3v) is 6.31. The molecule has 10 nitrogen and oxygen atoms in total. The van der Waals surface area contributed by atoms with Crippen molar-refractivity contribution in [1.29, 1.82) is 0 Å². The zero-order valence-electron chi connectivity index (χ0n) is 19.0. The highest BCUT2D eigenvalue weighted by atomic mass is 19.1. The molecule has 35 heavy (non-hydrogen) atoms. The molecule has 0 radical (unpaired) electrons. The van der Waals surface area contributed by atoms with Gasteiger partial charge >= 0.3 is 6.03 Å². The van der Waals surface area contributed by atoms with E-state index < -0.39 is 0 Å². The first-order valence-corrected chi connectivity index (χ1v) is 11.4. The van der Waals surface area contributed by atoms with Crippen LogP contribution in [-0.2, 0) is 11.3 Å². The second-order valence-electron chi connectivity index (χ2n) is 8.44. The summed E-state index contributed by atoms with van der Waals surface area (Å²) in [6.07, 6.45) is 1.99. The minimum absolute atomic E-state index is 0.0667. The molecule has 2 aromatic carbocycles. The lowest BCUT2D eigenvalue weighted by Gasteiger charge is -2.31. The van der Waals surface area contributed by atoms with Crippen LogP contribution in [0, 0.1) is 5.82 Å². The lowest BCUT2D eigenvalue weighted by Crippen LogP contribution is -2.41. The first-order chi connectivity index (χ1) is 17.0. The molecular formula is C24H27FN6O4. The summed E-state index contributed by atoms with van der Waals surface area (Å²) in [6.45, 7) is 3.71. The van der Waals surface area contributed by atoms with Crippen molar-refractivity contribution < 1.29 is 23.9 Å². The molecule has 6 rings (SSSR count). The Morgan fingerprint density at radius 1 is 1.11 bits per heavy atom. The average Bonchev–Trinajstić information content (AvgIpc) is 3.03. The number of hydrogen-bond donors (Lipinski definition) is 4. The molecule has 3 saturated heterocycles. The molecule has 2 bridgehead atoms. The van der Waals surface area contributed by atoms with Gasteiger partial charge in [0.15, 0.2) is 5.69 Å². The highest BCUT2D eigenvalue weighted by Crippen LogP contribution is 2.26. The predicted molar refractivity (Wildman–Crippen MR) is 128 cm³/mol.